The molecule has 0 aliphatic heterocycles. The van der Waals surface area contributed by atoms with Crippen LogP contribution in [0, 0.1) is 0 Å². The Morgan fingerprint density at radius 1 is 1.26 bits per heavy atom. The first-order valence-corrected chi connectivity index (χ1v) is 6.23. The Labute approximate surface area is 111 Å². The third kappa shape index (κ3) is 4.81. The van der Waals surface area contributed by atoms with E-state index in [9.17, 15) is 18.0 Å². The van der Waals surface area contributed by atoms with Gasteiger partial charge in [-0.1, -0.05) is 18.7 Å². The summed E-state index contributed by atoms with van der Waals surface area (Å²) in [5.41, 5.74) is 0. The number of hydrogen-bond donors (Lipinski definition) is 3. The van der Waals surface area contributed by atoms with E-state index in [-0.39, 0.29) is 12.8 Å². The maximum atomic E-state index is 11.7. The van der Waals surface area contributed by atoms with Crippen LogP contribution in [0.15, 0.2) is 25.3 Å². The maximum absolute atomic E-state index is 11.7. The molecule has 1 unspecified atom stereocenters. The van der Waals surface area contributed by atoms with Crippen LogP contribution in [0.1, 0.15) is 12.8 Å². The highest BCUT2D eigenvalue weighted by Crippen LogP contribution is 2.28. The Hall–Kier alpha value is -1.71. The summed E-state index contributed by atoms with van der Waals surface area (Å²) in [6.45, 7) is 6.19. The number of carboxylic acid groups (broad SMARTS) is 1. The fraction of sp³-hybridized carbons (Fsp3) is 0.400. The van der Waals surface area contributed by atoms with Gasteiger partial charge in [-0.25, -0.2) is 0 Å². The molecule has 8 nitrogen and oxygen atoms in total. The van der Waals surface area contributed by atoms with Gasteiger partial charge in [-0.2, -0.15) is 8.42 Å². The minimum Gasteiger partial charge on any atom is -0.481 e. The fourth-order valence-corrected chi connectivity index (χ4v) is 2.18. The first-order valence-electron chi connectivity index (χ1n) is 4.79. The number of esters is 1. The molecule has 0 saturated heterocycles. The molecule has 1 atom stereocenters. The SMILES string of the molecule is C=CCOC(=O)C(CC=C)(CC(=O)O)S(=O)(=O)O.N. The van der Waals surface area contributed by atoms with Gasteiger partial charge in [-0.15, -0.1) is 6.58 Å². The fourth-order valence-electron chi connectivity index (χ4n) is 1.27. The van der Waals surface area contributed by atoms with Crippen molar-refractivity contribution in [2.24, 2.45) is 0 Å². The first-order chi connectivity index (χ1) is 8.21. The zero-order valence-electron chi connectivity index (χ0n) is 10.2. The van der Waals surface area contributed by atoms with Gasteiger partial charge in [0.15, 0.2) is 0 Å². The predicted molar refractivity (Wildman–Crippen MR) is 67.5 cm³/mol. The lowest BCUT2D eigenvalue weighted by Crippen LogP contribution is -2.48. The summed E-state index contributed by atoms with van der Waals surface area (Å²) in [6.07, 6.45) is 0.509. The van der Waals surface area contributed by atoms with E-state index in [1.54, 1.807) is 0 Å². The van der Waals surface area contributed by atoms with Crippen molar-refractivity contribution in [2.45, 2.75) is 17.6 Å². The smallest absolute Gasteiger partial charge is 0.331 e. The highest BCUT2D eigenvalue weighted by Gasteiger charge is 2.52. The molecule has 0 saturated carbocycles. The number of ether oxygens (including phenoxy) is 1. The van der Waals surface area contributed by atoms with E-state index in [0.717, 1.165) is 6.08 Å². The predicted octanol–water partition coefficient (Wildman–Crippen LogP) is 0.555. The van der Waals surface area contributed by atoms with E-state index >= 15 is 0 Å². The zero-order valence-corrected chi connectivity index (χ0v) is 11.1. The molecule has 0 bridgehead atoms. The van der Waals surface area contributed by atoms with Gasteiger partial charge in [0, 0.05) is 0 Å². The standard InChI is InChI=1S/C10H14O7S.H3N/c1-3-5-10(7-8(11)12,18(14,15)16)9(13)17-6-4-2;/h3-4H,1-2,5-7H2,(H,11,12)(H,14,15,16);1H3. The molecule has 0 aromatic carbocycles. The molecule has 0 rings (SSSR count). The van der Waals surface area contributed by atoms with E-state index in [1.807, 2.05) is 0 Å². The summed E-state index contributed by atoms with van der Waals surface area (Å²) in [4.78, 5) is 22.4. The Morgan fingerprint density at radius 2 is 1.79 bits per heavy atom. The number of allylic oxidation sites excluding steroid dienone is 1. The second-order valence-corrected chi connectivity index (χ2v) is 5.15. The third-order valence-electron chi connectivity index (χ3n) is 2.11. The molecular weight excluding hydrogens is 278 g/mol. The van der Waals surface area contributed by atoms with Crippen molar-refractivity contribution in [3.05, 3.63) is 25.3 Å². The van der Waals surface area contributed by atoms with Crippen molar-refractivity contribution >= 4 is 22.1 Å². The highest BCUT2D eigenvalue weighted by molar-refractivity contribution is 7.88. The highest BCUT2D eigenvalue weighted by atomic mass is 32.2. The van der Waals surface area contributed by atoms with Crippen LogP contribution in [0.25, 0.3) is 0 Å². The molecule has 0 aromatic heterocycles. The molecule has 0 aromatic rings. The van der Waals surface area contributed by atoms with Crippen molar-refractivity contribution < 1.29 is 32.4 Å². The summed E-state index contributed by atoms with van der Waals surface area (Å²) in [5, 5.41) is 8.68. The van der Waals surface area contributed by atoms with Crippen LogP contribution in [0.5, 0.6) is 0 Å². The Balaban J connectivity index is 0. The largest absolute Gasteiger partial charge is 0.481 e. The lowest BCUT2D eigenvalue weighted by molar-refractivity contribution is -0.150. The van der Waals surface area contributed by atoms with E-state index in [4.69, 9.17) is 9.66 Å². The number of hydrogen-bond acceptors (Lipinski definition) is 6. The number of rotatable bonds is 8. The molecule has 0 radical (unpaired) electrons. The average molecular weight is 295 g/mol. The molecule has 5 N–H and O–H groups in total. The van der Waals surface area contributed by atoms with Crippen LogP contribution in [-0.2, 0) is 24.4 Å². The van der Waals surface area contributed by atoms with Gasteiger partial charge in [0.1, 0.15) is 6.61 Å². The summed E-state index contributed by atoms with van der Waals surface area (Å²) in [7, 11) is -4.97. The van der Waals surface area contributed by atoms with E-state index in [2.05, 4.69) is 17.9 Å². The van der Waals surface area contributed by atoms with Gasteiger partial charge in [-0.3, -0.25) is 14.1 Å². The normalized spacial score (nSPS) is 13.5. The van der Waals surface area contributed by atoms with Crippen LogP contribution < -0.4 is 6.15 Å². The van der Waals surface area contributed by atoms with Gasteiger partial charge < -0.3 is 16.0 Å². The van der Waals surface area contributed by atoms with Crippen molar-refractivity contribution in [1.82, 2.24) is 6.15 Å². The molecule has 9 heteroatoms. The molecular formula is C10H17NO7S. The van der Waals surface area contributed by atoms with Crippen LogP contribution in [0.3, 0.4) is 0 Å². The number of carboxylic acids is 1. The van der Waals surface area contributed by atoms with Crippen molar-refractivity contribution in [2.75, 3.05) is 6.61 Å². The van der Waals surface area contributed by atoms with Crippen molar-refractivity contribution in [3.8, 4) is 0 Å². The van der Waals surface area contributed by atoms with Gasteiger partial charge in [-0.05, 0) is 6.42 Å². The summed E-state index contributed by atoms with van der Waals surface area (Å²) in [5.74, 6) is -2.92. The minimum atomic E-state index is -4.97. The summed E-state index contributed by atoms with van der Waals surface area (Å²) >= 11 is 0. The molecule has 0 spiro atoms. The van der Waals surface area contributed by atoms with Gasteiger partial charge in [0.25, 0.3) is 10.1 Å². The molecule has 0 aliphatic carbocycles. The molecule has 0 amide bonds. The molecule has 19 heavy (non-hydrogen) atoms. The summed E-state index contributed by atoms with van der Waals surface area (Å²) in [6, 6.07) is 0. The monoisotopic (exact) mass is 295 g/mol. The Bertz CT molecular complexity index is 456. The van der Waals surface area contributed by atoms with E-state index in [0.29, 0.717) is 0 Å². The van der Waals surface area contributed by atoms with Crippen LogP contribution in [0.2, 0.25) is 0 Å². The van der Waals surface area contributed by atoms with Crippen molar-refractivity contribution in [3.63, 3.8) is 0 Å². The molecule has 110 valence electrons. The van der Waals surface area contributed by atoms with E-state index < -0.39 is 39.6 Å². The molecule has 0 heterocycles. The average Bonchev–Trinajstić information content (AvgIpc) is 2.22. The number of aliphatic carboxylic acids is 1. The second-order valence-electron chi connectivity index (χ2n) is 3.42. The zero-order chi connectivity index (χ0) is 14.4. The van der Waals surface area contributed by atoms with Crippen LogP contribution in [-0.4, -0.2) is 41.4 Å². The Kier molecular flexibility index (Phi) is 7.92. The number of carbonyl (C=O) groups is 2. The van der Waals surface area contributed by atoms with Crippen LogP contribution >= 0.6 is 0 Å². The van der Waals surface area contributed by atoms with Crippen LogP contribution in [0.4, 0.5) is 0 Å². The summed E-state index contributed by atoms with van der Waals surface area (Å²) < 4.78 is 33.7. The molecule has 0 fully saturated rings. The minimum absolute atomic E-state index is 0. The van der Waals surface area contributed by atoms with Gasteiger partial charge in [0.05, 0.1) is 6.42 Å². The van der Waals surface area contributed by atoms with E-state index in [1.165, 1.54) is 6.08 Å². The first kappa shape index (κ1) is 19.6. The van der Waals surface area contributed by atoms with Crippen molar-refractivity contribution in [1.29, 1.82) is 0 Å². The Morgan fingerprint density at radius 3 is 2.11 bits per heavy atom. The lowest BCUT2D eigenvalue weighted by atomic mass is 10.0. The van der Waals surface area contributed by atoms with Gasteiger partial charge in [0.2, 0.25) is 4.75 Å². The topological polar surface area (TPSA) is 153 Å². The third-order valence-corrected chi connectivity index (χ3v) is 3.57. The second kappa shape index (κ2) is 7.67. The maximum Gasteiger partial charge on any atom is 0.331 e. The van der Waals surface area contributed by atoms with Gasteiger partial charge >= 0.3 is 11.9 Å². The quantitative estimate of drug-likeness (QED) is 0.333. The lowest BCUT2D eigenvalue weighted by Gasteiger charge is -2.25. The number of carbonyl (C=O) groups excluding carboxylic acids is 1. The molecule has 0 aliphatic rings.